The summed E-state index contributed by atoms with van der Waals surface area (Å²) in [5.74, 6) is -0.906. The standard InChI is InChI=1S/C22H32N2O6S/c1-29-19-12-11-17(15-20(19)31(27,28)24-13-7-8-14-24)22(26)30-16-21(25)23-18-9-5-3-2-4-6-10-18/h11-12,15,18H,2-10,13-14,16H2,1H3,(H,23,25). The first-order valence-electron chi connectivity index (χ1n) is 11.1. The quantitative estimate of drug-likeness (QED) is 0.639. The number of ether oxygens (including phenoxy) is 2. The molecule has 0 bridgehead atoms. The lowest BCUT2D eigenvalue weighted by Gasteiger charge is -2.21. The van der Waals surface area contributed by atoms with Crippen LogP contribution in [0.4, 0.5) is 0 Å². The second-order valence-electron chi connectivity index (χ2n) is 8.16. The van der Waals surface area contributed by atoms with Gasteiger partial charge in [-0.15, -0.1) is 0 Å². The molecule has 1 heterocycles. The molecule has 1 saturated carbocycles. The molecular formula is C22H32N2O6S. The molecule has 2 aliphatic rings. The van der Waals surface area contributed by atoms with Crippen LogP contribution in [0.25, 0.3) is 0 Å². The summed E-state index contributed by atoms with van der Waals surface area (Å²) in [6, 6.07) is 4.26. The lowest BCUT2D eigenvalue weighted by Crippen LogP contribution is -2.38. The Balaban J connectivity index is 1.62. The lowest BCUT2D eigenvalue weighted by atomic mass is 9.97. The van der Waals surface area contributed by atoms with Gasteiger partial charge in [0, 0.05) is 19.1 Å². The predicted octanol–water partition coefficient (Wildman–Crippen LogP) is 2.87. The predicted molar refractivity (Wildman–Crippen MR) is 116 cm³/mol. The molecule has 1 aromatic rings. The highest BCUT2D eigenvalue weighted by Crippen LogP contribution is 2.30. The second-order valence-corrected chi connectivity index (χ2v) is 10.1. The maximum absolute atomic E-state index is 13.0. The first-order chi connectivity index (χ1) is 14.9. The molecule has 0 atom stereocenters. The van der Waals surface area contributed by atoms with E-state index in [1.54, 1.807) is 0 Å². The minimum Gasteiger partial charge on any atom is -0.495 e. The van der Waals surface area contributed by atoms with E-state index in [2.05, 4.69) is 5.32 Å². The van der Waals surface area contributed by atoms with Gasteiger partial charge in [-0.05, 0) is 43.9 Å². The first kappa shape index (κ1) is 23.5. The number of hydrogen-bond acceptors (Lipinski definition) is 6. The molecule has 172 valence electrons. The Kier molecular flexibility index (Phi) is 8.31. The van der Waals surface area contributed by atoms with Crippen molar-refractivity contribution in [1.29, 1.82) is 0 Å². The van der Waals surface area contributed by atoms with Gasteiger partial charge in [0.05, 0.1) is 12.7 Å². The number of methoxy groups -OCH3 is 1. The van der Waals surface area contributed by atoms with Crippen LogP contribution in [0.3, 0.4) is 0 Å². The molecule has 31 heavy (non-hydrogen) atoms. The largest absolute Gasteiger partial charge is 0.495 e. The van der Waals surface area contributed by atoms with Gasteiger partial charge in [-0.1, -0.05) is 32.1 Å². The number of rotatable bonds is 7. The van der Waals surface area contributed by atoms with Crippen molar-refractivity contribution in [2.45, 2.75) is 68.7 Å². The fourth-order valence-electron chi connectivity index (χ4n) is 4.16. The third kappa shape index (κ3) is 6.20. The van der Waals surface area contributed by atoms with Gasteiger partial charge in [0.15, 0.2) is 6.61 Å². The van der Waals surface area contributed by atoms with Crippen LogP contribution in [-0.2, 0) is 19.6 Å². The number of hydrogen-bond donors (Lipinski definition) is 1. The topological polar surface area (TPSA) is 102 Å². The van der Waals surface area contributed by atoms with E-state index in [4.69, 9.17) is 9.47 Å². The number of carbonyl (C=O) groups excluding carboxylic acids is 2. The summed E-state index contributed by atoms with van der Waals surface area (Å²) >= 11 is 0. The van der Waals surface area contributed by atoms with Gasteiger partial charge in [0.1, 0.15) is 10.6 Å². The number of esters is 1. The third-order valence-corrected chi connectivity index (χ3v) is 7.81. The van der Waals surface area contributed by atoms with E-state index in [-0.39, 0.29) is 28.2 Å². The van der Waals surface area contributed by atoms with Gasteiger partial charge < -0.3 is 14.8 Å². The first-order valence-corrected chi connectivity index (χ1v) is 12.5. The number of carbonyl (C=O) groups is 2. The maximum Gasteiger partial charge on any atom is 0.338 e. The van der Waals surface area contributed by atoms with Crippen molar-refractivity contribution in [2.24, 2.45) is 0 Å². The van der Waals surface area contributed by atoms with Crippen LogP contribution >= 0.6 is 0 Å². The maximum atomic E-state index is 13.0. The van der Waals surface area contributed by atoms with E-state index in [1.165, 1.54) is 48.9 Å². The summed E-state index contributed by atoms with van der Waals surface area (Å²) in [6.45, 7) is 0.499. The van der Waals surface area contributed by atoms with Crippen molar-refractivity contribution in [1.82, 2.24) is 9.62 Å². The molecule has 0 unspecified atom stereocenters. The van der Waals surface area contributed by atoms with Crippen LogP contribution in [0.5, 0.6) is 5.75 Å². The van der Waals surface area contributed by atoms with Gasteiger partial charge in [0.2, 0.25) is 10.0 Å². The summed E-state index contributed by atoms with van der Waals surface area (Å²) in [7, 11) is -2.39. The van der Waals surface area contributed by atoms with Gasteiger partial charge in [-0.25, -0.2) is 13.2 Å². The molecule has 1 saturated heterocycles. The summed E-state index contributed by atoms with van der Waals surface area (Å²) in [6.07, 6.45) is 9.28. The van der Waals surface area contributed by atoms with Crippen molar-refractivity contribution in [3.63, 3.8) is 0 Å². The van der Waals surface area contributed by atoms with Crippen LogP contribution in [0.2, 0.25) is 0 Å². The van der Waals surface area contributed by atoms with Gasteiger partial charge in [0.25, 0.3) is 5.91 Å². The molecule has 0 radical (unpaired) electrons. The summed E-state index contributed by atoms with van der Waals surface area (Å²) < 4.78 is 37.7. The summed E-state index contributed by atoms with van der Waals surface area (Å²) in [4.78, 5) is 24.7. The fraction of sp³-hybridized carbons (Fsp3) is 0.636. The van der Waals surface area contributed by atoms with Crippen LogP contribution in [-0.4, -0.2) is 57.4 Å². The highest BCUT2D eigenvalue weighted by Gasteiger charge is 2.31. The van der Waals surface area contributed by atoms with Crippen LogP contribution in [0.15, 0.2) is 23.1 Å². The van der Waals surface area contributed by atoms with Crippen molar-refractivity contribution in [3.05, 3.63) is 23.8 Å². The molecule has 9 heteroatoms. The van der Waals surface area contributed by atoms with E-state index < -0.39 is 22.6 Å². The number of amides is 1. The van der Waals surface area contributed by atoms with Crippen molar-refractivity contribution >= 4 is 21.9 Å². The summed E-state index contributed by atoms with van der Waals surface area (Å²) in [5, 5.41) is 2.95. The Morgan fingerprint density at radius 2 is 1.68 bits per heavy atom. The van der Waals surface area contributed by atoms with Gasteiger partial charge in [-0.3, -0.25) is 4.79 Å². The molecule has 0 aromatic heterocycles. The molecule has 3 rings (SSSR count). The smallest absolute Gasteiger partial charge is 0.338 e. The molecule has 1 amide bonds. The molecule has 2 fully saturated rings. The number of sulfonamides is 1. The van der Waals surface area contributed by atoms with Crippen molar-refractivity contribution in [2.75, 3.05) is 26.8 Å². The van der Waals surface area contributed by atoms with Crippen LogP contribution in [0.1, 0.15) is 68.1 Å². The van der Waals surface area contributed by atoms with Gasteiger partial charge in [-0.2, -0.15) is 4.31 Å². The fourth-order valence-corrected chi connectivity index (χ4v) is 5.86. The zero-order valence-corrected chi connectivity index (χ0v) is 18.9. The molecule has 0 spiro atoms. The van der Waals surface area contributed by atoms with E-state index in [1.807, 2.05) is 0 Å². The monoisotopic (exact) mass is 452 g/mol. The minimum atomic E-state index is -3.77. The van der Waals surface area contributed by atoms with Crippen molar-refractivity contribution < 1.29 is 27.5 Å². The highest BCUT2D eigenvalue weighted by atomic mass is 32.2. The molecular weight excluding hydrogens is 420 g/mol. The molecule has 1 N–H and O–H groups in total. The van der Waals surface area contributed by atoms with E-state index >= 15 is 0 Å². The average Bonchev–Trinajstić information content (AvgIpc) is 3.29. The van der Waals surface area contributed by atoms with Crippen LogP contribution < -0.4 is 10.1 Å². The van der Waals surface area contributed by atoms with E-state index in [9.17, 15) is 18.0 Å². The molecule has 1 aromatic carbocycles. The Labute approximate surface area is 184 Å². The highest BCUT2D eigenvalue weighted by molar-refractivity contribution is 7.89. The van der Waals surface area contributed by atoms with Crippen molar-refractivity contribution in [3.8, 4) is 5.75 Å². The van der Waals surface area contributed by atoms with E-state index in [0.717, 1.165) is 38.5 Å². The minimum absolute atomic E-state index is 0.0645. The lowest BCUT2D eigenvalue weighted by molar-refractivity contribution is -0.125. The van der Waals surface area contributed by atoms with E-state index in [0.29, 0.717) is 13.1 Å². The average molecular weight is 453 g/mol. The number of nitrogens with zero attached hydrogens (tertiary/aromatic N) is 1. The molecule has 8 nitrogen and oxygen atoms in total. The Hall–Kier alpha value is -2.13. The van der Waals surface area contributed by atoms with Gasteiger partial charge >= 0.3 is 5.97 Å². The molecule has 1 aliphatic carbocycles. The summed E-state index contributed by atoms with van der Waals surface area (Å²) in [5.41, 5.74) is 0.0670. The number of nitrogens with one attached hydrogen (secondary N) is 1. The Morgan fingerprint density at radius 3 is 2.32 bits per heavy atom. The molecule has 1 aliphatic heterocycles. The number of benzene rings is 1. The Bertz CT molecular complexity index is 872. The third-order valence-electron chi connectivity index (χ3n) is 5.89. The Morgan fingerprint density at radius 1 is 1.03 bits per heavy atom. The normalized spacial score (nSPS) is 18.7. The van der Waals surface area contributed by atoms with Crippen LogP contribution in [0, 0.1) is 0 Å². The SMILES string of the molecule is COc1ccc(C(=O)OCC(=O)NC2CCCCCCC2)cc1S(=O)(=O)N1CCCC1. The zero-order chi connectivity index (χ0) is 22.3. The second kappa shape index (κ2) is 10.9. The zero-order valence-electron chi connectivity index (χ0n) is 18.1.